The Morgan fingerprint density at radius 3 is 0.782 bits per heavy atom. The first-order valence-corrected chi connectivity index (χ1v) is 33.9. The average Bonchev–Trinajstić information content (AvgIpc) is 3.44. The van der Waals surface area contributed by atoms with E-state index >= 15 is 0 Å². The van der Waals surface area contributed by atoms with Gasteiger partial charge in [0.1, 0.15) is 13.2 Å². The van der Waals surface area contributed by atoms with Gasteiger partial charge in [-0.1, -0.05) is 331 Å². The molecular weight excluding hydrogens is 961 g/mol. The molecule has 0 aliphatic carbocycles. The van der Waals surface area contributed by atoms with Crippen LogP contribution in [-0.4, -0.2) is 37.2 Å². The molecule has 0 saturated heterocycles. The molecule has 0 aromatic rings. The van der Waals surface area contributed by atoms with Gasteiger partial charge in [-0.05, 0) is 70.6 Å². The maximum Gasteiger partial charge on any atom is 0.306 e. The van der Waals surface area contributed by atoms with E-state index in [9.17, 15) is 14.4 Å². The summed E-state index contributed by atoms with van der Waals surface area (Å²) in [6, 6.07) is 0. The second-order valence-corrected chi connectivity index (χ2v) is 22.7. The lowest BCUT2D eigenvalue weighted by atomic mass is 10.0. The summed E-state index contributed by atoms with van der Waals surface area (Å²) in [5.41, 5.74) is 0. The average molecular weight is 1090 g/mol. The van der Waals surface area contributed by atoms with Crippen molar-refractivity contribution in [2.24, 2.45) is 0 Å². The standard InChI is InChI=1S/C72H128O6/c1-4-7-10-13-16-19-22-25-28-30-32-34-35-36-37-39-40-42-44-47-50-53-56-59-62-65-71(74)77-68-69(67-76-70(73)64-61-58-55-52-49-46-27-24-21-18-15-12-9-6-3)78-72(75)66-63-60-57-54-51-48-45-43-41-38-33-31-29-26-23-20-17-14-11-8-5-2/h8,11,17,20,26,29,33,38,43,45,51,54,69H,4-7,9-10,12-16,18-19,21-25,27-28,30-32,34-37,39-42,44,46-50,52-53,55-68H2,1-3H3/b11-8-,20-17-,29-26-,38-33-,45-43-,54-51-. The molecule has 0 fully saturated rings. The molecular formula is C72H128O6. The van der Waals surface area contributed by atoms with Crippen LogP contribution in [0.4, 0.5) is 0 Å². The van der Waals surface area contributed by atoms with Crippen molar-refractivity contribution in [2.45, 2.75) is 354 Å². The highest BCUT2D eigenvalue weighted by Crippen LogP contribution is 2.18. The first-order chi connectivity index (χ1) is 38.5. The van der Waals surface area contributed by atoms with E-state index in [-0.39, 0.29) is 37.5 Å². The summed E-state index contributed by atoms with van der Waals surface area (Å²) in [7, 11) is 0. The smallest absolute Gasteiger partial charge is 0.306 e. The molecule has 452 valence electrons. The monoisotopic (exact) mass is 1090 g/mol. The molecule has 0 amide bonds. The Hall–Kier alpha value is -3.15. The fraction of sp³-hybridized carbons (Fsp3) is 0.792. The second kappa shape index (κ2) is 66.4. The fourth-order valence-corrected chi connectivity index (χ4v) is 9.92. The number of hydrogen-bond donors (Lipinski definition) is 0. The van der Waals surface area contributed by atoms with E-state index < -0.39 is 6.10 Å². The maximum atomic E-state index is 12.9. The van der Waals surface area contributed by atoms with Gasteiger partial charge < -0.3 is 14.2 Å². The van der Waals surface area contributed by atoms with Crippen molar-refractivity contribution in [3.63, 3.8) is 0 Å². The lowest BCUT2D eigenvalue weighted by Crippen LogP contribution is -2.30. The van der Waals surface area contributed by atoms with Crippen molar-refractivity contribution >= 4 is 17.9 Å². The molecule has 0 N–H and O–H groups in total. The van der Waals surface area contributed by atoms with Crippen LogP contribution in [0.25, 0.3) is 0 Å². The minimum atomic E-state index is -0.797. The van der Waals surface area contributed by atoms with Crippen molar-refractivity contribution in [2.75, 3.05) is 13.2 Å². The third kappa shape index (κ3) is 63.7. The molecule has 6 heteroatoms. The van der Waals surface area contributed by atoms with Crippen LogP contribution in [0.1, 0.15) is 348 Å². The van der Waals surface area contributed by atoms with Gasteiger partial charge in [0.15, 0.2) is 6.10 Å². The lowest BCUT2D eigenvalue weighted by Gasteiger charge is -2.18. The number of unbranched alkanes of at least 4 members (excludes halogenated alkanes) is 39. The highest BCUT2D eigenvalue weighted by Gasteiger charge is 2.19. The third-order valence-corrected chi connectivity index (χ3v) is 15.0. The largest absolute Gasteiger partial charge is 0.462 e. The minimum Gasteiger partial charge on any atom is -0.462 e. The molecule has 0 saturated carbocycles. The van der Waals surface area contributed by atoms with Crippen molar-refractivity contribution < 1.29 is 28.6 Å². The maximum absolute atomic E-state index is 12.9. The van der Waals surface area contributed by atoms with E-state index in [1.54, 1.807) is 0 Å². The van der Waals surface area contributed by atoms with E-state index in [4.69, 9.17) is 14.2 Å². The number of esters is 3. The number of rotatable bonds is 62. The molecule has 0 aromatic heterocycles. The SMILES string of the molecule is CC/C=C\C/C=C\C/C=C\C/C=C\C/C=C\C/C=C\CCCCC(=O)OC(COC(=O)CCCCCCCCCCCCCCCC)COC(=O)CCCCCCCCCCCCCCCCCCCCCCCCCCC. The van der Waals surface area contributed by atoms with Crippen molar-refractivity contribution in [1.82, 2.24) is 0 Å². The van der Waals surface area contributed by atoms with Crippen LogP contribution in [0, 0.1) is 0 Å². The van der Waals surface area contributed by atoms with Crippen LogP contribution < -0.4 is 0 Å². The van der Waals surface area contributed by atoms with Gasteiger partial charge in [-0.25, -0.2) is 0 Å². The molecule has 0 spiro atoms. The molecule has 1 unspecified atom stereocenters. The Morgan fingerprint density at radius 1 is 0.269 bits per heavy atom. The quantitative estimate of drug-likeness (QED) is 0.0261. The Labute approximate surface area is 484 Å². The van der Waals surface area contributed by atoms with E-state index in [0.717, 1.165) is 89.9 Å². The van der Waals surface area contributed by atoms with Crippen LogP contribution >= 0.6 is 0 Å². The van der Waals surface area contributed by atoms with E-state index in [1.807, 2.05) is 0 Å². The van der Waals surface area contributed by atoms with Crippen LogP contribution in [0.5, 0.6) is 0 Å². The van der Waals surface area contributed by atoms with Gasteiger partial charge in [-0.2, -0.15) is 0 Å². The Balaban J connectivity index is 4.34. The van der Waals surface area contributed by atoms with E-state index in [0.29, 0.717) is 19.3 Å². The Morgan fingerprint density at radius 2 is 0.500 bits per heavy atom. The predicted octanol–water partition coefficient (Wildman–Crippen LogP) is 23.3. The highest BCUT2D eigenvalue weighted by molar-refractivity contribution is 5.71. The summed E-state index contributed by atoms with van der Waals surface area (Å²) >= 11 is 0. The zero-order valence-corrected chi connectivity index (χ0v) is 51.9. The van der Waals surface area contributed by atoms with E-state index in [1.165, 1.54) is 212 Å². The second-order valence-electron chi connectivity index (χ2n) is 22.7. The molecule has 1 atom stereocenters. The third-order valence-electron chi connectivity index (χ3n) is 15.0. The number of allylic oxidation sites excluding steroid dienone is 12. The topological polar surface area (TPSA) is 78.9 Å². The number of carbonyl (C=O) groups excluding carboxylic acids is 3. The number of hydrogen-bond acceptors (Lipinski definition) is 6. The van der Waals surface area contributed by atoms with Gasteiger partial charge in [0, 0.05) is 19.3 Å². The molecule has 0 aliphatic heterocycles. The molecule has 0 heterocycles. The molecule has 0 radical (unpaired) electrons. The summed E-state index contributed by atoms with van der Waals surface area (Å²) in [6.07, 6.45) is 86.4. The fourth-order valence-electron chi connectivity index (χ4n) is 9.92. The van der Waals surface area contributed by atoms with Gasteiger partial charge in [-0.3, -0.25) is 14.4 Å². The Bertz CT molecular complexity index is 1440. The van der Waals surface area contributed by atoms with E-state index in [2.05, 4.69) is 93.7 Å². The Kier molecular flexibility index (Phi) is 63.7. The van der Waals surface area contributed by atoms with Gasteiger partial charge >= 0.3 is 17.9 Å². The van der Waals surface area contributed by atoms with Gasteiger partial charge in [0.05, 0.1) is 0 Å². The zero-order chi connectivity index (χ0) is 56.4. The molecule has 0 aliphatic rings. The summed E-state index contributed by atoms with van der Waals surface area (Å²) < 4.78 is 16.9. The van der Waals surface area contributed by atoms with Crippen molar-refractivity contribution in [3.8, 4) is 0 Å². The highest BCUT2D eigenvalue weighted by atomic mass is 16.6. The summed E-state index contributed by atoms with van der Waals surface area (Å²) in [4.78, 5) is 38.4. The summed E-state index contributed by atoms with van der Waals surface area (Å²) in [5.74, 6) is -0.912. The number of carbonyl (C=O) groups is 3. The summed E-state index contributed by atoms with van der Waals surface area (Å²) in [5, 5.41) is 0. The minimum absolute atomic E-state index is 0.0886. The lowest BCUT2D eigenvalue weighted by molar-refractivity contribution is -0.167. The van der Waals surface area contributed by atoms with Crippen LogP contribution in [0.3, 0.4) is 0 Å². The zero-order valence-electron chi connectivity index (χ0n) is 51.9. The van der Waals surface area contributed by atoms with Crippen molar-refractivity contribution in [3.05, 3.63) is 72.9 Å². The van der Waals surface area contributed by atoms with Gasteiger partial charge in [0.25, 0.3) is 0 Å². The first kappa shape index (κ1) is 74.8. The normalized spacial score (nSPS) is 12.5. The molecule has 78 heavy (non-hydrogen) atoms. The van der Waals surface area contributed by atoms with Gasteiger partial charge in [-0.15, -0.1) is 0 Å². The van der Waals surface area contributed by atoms with Crippen LogP contribution in [0.2, 0.25) is 0 Å². The van der Waals surface area contributed by atoms with Gasteiger partial charge in [0.2, 0.25) is 0 Å². The molecule has 6 nitrogen and oxygen atoms in total. The van der Waals surface area contributed by atoms with Crippen molar-refractivity contribution in [1.29, 1.82) is 0 Å². The first-order valence-electron chi connectivity index (χ1n) is 33.9. The molecule has 0 bridgehead atoms. The molecule has 0 rings (SSSR count). The van der Waals surface area contributed by atoms with Crippen LogP contribution in [-0.2, 0) is 28.6 Å². The summed E-state index contributed by atoms with van der Waals surface area (Å²) in [6.45, 7) is 6.55. The molecule has 0 aromatic carbocycles. The predicted molar refractivity (Wildman–Crippen MR) is 339 cm³/mol. The number of ether oxygens (including phenoxy) is 3. The van der Waals surface area contributed by atoms with Crippen LogP contribution in [0.15, 0.2) is 72.9 Å².